The molecule has 106 valence electrons. The molecule has 0 aromatic carbocycles. The highest BCUT2D eigenvalue weighted by molar-refractivity contribution is 9.10. The van der Waals surface area contributed by atoms with Gasteiger partial charge >= 0.3 is 0 Å². The maximum Gasteiger partial charge on any atom is 0.230 e. The van der Waals surface area contributed by atoms with Crippen LogP contribution in [0.2, 0.25) is 0 Å². The second kappa shape index (κ2) is 7.05. The molecule has 0 saturated carbocycles. The van der Waals surface area contributed by atoms with Crippen molar-refractivity contribution in [3.63, 3.8) is 0 Å². The molecule has 5 nitrogen and oxygen atoms in total. The number of thiophene rings is 1. The number of carbonyl (C=O) groups excluding carboxylic acids is 1. The van der Waals surface area contributed by atoms with Gasteiger partial charge in [-0.15, -0.1) is 28.1 Å². The van der Waals surface area contributed by atoms with Gasteiger partial charge in [0.1, 0.15) is 0 Å². The number of aromatic nitrogens is 3. The van der Waals surface area contributed by atoms with E-state index in [1.807, 2.05) is 23.1 Å². The number of nitrogens with one attached hydrogen (secondary N) is 1. The number of hydrogen-bond donors (Lipinski definition) is 1. The van der Waals surface area contributed by atoms with Gasteiger partial charge in [-0.25, -0.2) is 0 Å². The van der Waals surface area contributed by atoms with Crippen molar-refractivity contribution in [2.75, 3.05) is 12.3 Å². The van der Waals surface area contributed by atoms with E-state index < -0.39 is 0 Å². The van der Waals surface area contributed by atoms with Crippen molar-refractivity contribution in [1.82, 2.24) is 20.1 Å². The lowest BCUT2D eigenvalue weighted by Crippen LogP contribution is -2.25. The number of hydrogen-bond acceptors (Lipinski definition) is 5. The van der Waals surface area contributed by atoms with Gasteiger partial charge in [-0.05, 0) is 22.0 Å². The third-order valence-electron chi connectivity index (χ3n) is 2.40. The molecule has 0 aliphatic heterocycles. The molecule has 0 bridgehead atoms. The van der Waals surface area contributed by atoms with E-state index in [1.54, 1.807) is 17.4 Å². The molecule has 0 unspecified atom stereocenters. The van der Waals surface area contributed by atoms with Gasteiger partial charge in [0.2, 0.25) is 5.91 Å². The Morgan fingerprint density at radius 2 is 2.45 bits per heavy atom. The predicted molar refractivity (Wildman–Crippen MR) is 85.9 cm³/mol. The summed E-state index contributed by atoms with van der Waals surface area (Å²) in [7, 11) is 1.90. The summed E-state index contributed by atoms with van der Waals surface area (Å²) in [6, 6.07) is 2.00. The summed E-state index contributed by atoms with van der Waals surface area (Å²) in [5, 5.41) is 13.7. The molecule has 20 heavy (non-hydrogen) atoms. The van der Waals surface area contributed by atoms with Crippen molar-refractivity contribution in [2.24, 2.45) is 7.05 Å². The summed E-state index contributed by atoms with van der Waals surface area (Å²) in [5.74, 6) is 1.07. The van der Waals surface area contributed by atoms with Crippen LogP contribution in [0.5, 0.6) is 0 Å². The zero-order chi connectivity index (χ0) is 14.5. The Morgan fingerprint density at radius 3 is 3.10 bits per heavy atom. The monoisotopic (exact) mass is 372 g/mol. The van der Waals surface area contributed by atoms with Gasteiger partial charge in [-0.2, -0.15) is 0 Å². The van der Waals surface area contributed by atoms with Crippen LogP contribution in [-0.2, 0) is 11.8 Å². The lowest BCUT2D eigenvalue weighted by molar-refractivity contribution is -0.118. The van der Waals surface area contributed by atoms with E-state index in [0.29, 0.717) is 12.3 Å². The SMILES string of the molecule is C=CCNC(=O)CSc1nnc(-c2cc(Br)cs2)n1C. The van der Waals surface area contributed by atoms with Gasteiger partial charge in [0.25, 0.3) is 0 Å². The standard InChI is InChI=1S/C12H13BrN4OS2/c1-3-4-14-10(18)7-20-12-16-15-11(17(12)2)9-5-8(13)6-19-9/h3,5-6H,1,4,7H2,2H3,(H,14,18). The smallest absolute Gasteiger partial charge is 0.230 e. The largest absolute Gasteiger partial charge is 0.352 e. The van der Waals surface area contributed by atoms with Crippen LogP contribution in [0.25, 0.3) is 10.7 Å². The van der Waals surface area contributed by atoms with Gasteiger partial charge in [-0.1, -0.05) is 17.8 Å². The van der Waals surface area contributed by atoms with Crippen LogP contribution < -0.4 is 5.32 Å². The first kappa shape index (κ1) is 15.3. The first-order valence-electron chi connectivity index (χ1n) is 5.76. The summed E-state index contributed by atoms with van der Waals surface area (Å²) in [6.45, 7) is 4.03. The Labute approximate surface area is 133 Å². The third-order valence-corrected chi connectivity index (χ3v) is 5.11. The Kier molecular flexibility index (Phi) is 5.38. The topological polar surface area (TPSA) is 59.8 Å². The fraction of sp³-hybridized carbons (Fsp3) is 0.250. The second-order valence-corrected chi connectivity index (χ2v) is 6.65. The zero-order valence-corrected chi connectivity index (χ0v) is 14.0. The fourth-order valence-corrected chi connectivity index (χ4v) is 3.64. The Hall–Kier alpha value is -1.12. The molecule has 0 fully saturated rings. The van der Waals surface area contributed by atoms with E-state index in [4.69, 9.17) is 0 Å². The molecule has 2 aromatic rings. The maximum absolute atomic E-state index is 11.5. The maximum atomic E-state index is 11.5. The van der Waals surface area contributed by atoms with Gasteiger partial charge < -0.3 is 9.88 Å². The van der Waals surface area contributed by atoms with E-state index in [0.717, 1.165) is 20.3 Å². The van der Waals surface area contributed by atoms with Gasteiger partial charge in [0.15, 0.2) is 11.0 Å². The summed E-state index contributed by atoms with van der Waals surface area (Å²) in [4.78, 5) is 12.6. The van der Waals surface area contributed by atoms with Gasteiger partial charge in [0.05, 0.1) is 10.6 Å². The normalized spacial score (nSPS) is 10.5. The zero-order valence-electron chi connectivity index (χ0n) is 10.8. The molecule has 1 N–H and O–H groups in total. The minimum atomic E-state index is -0.0432. The molecular formula is C12H13BrN4OS2. The lowest BCUT2D eigenvalue weighted by atomic mass is 10.4. The van der Waals surface area contributed by atoms with Crippen LogP contribution in [0.3, 0.4) is 0 Å². The van der Waals surface area contributed by atoms with Crippen LogP contribution >= 0.6 is 39.0 Å². The Balaban J connectivity index is 2.02. The average Bonchev–Trinajstić information content (AvgIpc) is 3.00. The van der Waals surface area contributed by atoms with E-state index >= 15 is 0 Å². The summed E-state index contributed by atoms with van der Waals surface area (Å²) >= 11 is 6.38. The fourth-order valence-electron chi connectivity index (χ4n) is 1.45. The highest BCUT2D eigenvalue weighted by atomic mass is 79.9. The van der Waals surface area contributed by atoms with E-state index in [9.17, 15) is 4.79 Å². The molecule has 0 spiro atoms. The van der Waals surface area contributed by atoms with Crippen LogP contribution in [0, 0.1) is 0 Å². The van der Waals surface area contributed by atoms with Crippen LogP contribution in [0.15, 0.2) is 33.7 Å². The first-order chi connectivity index (χ1) is 9.61. The van der Waals surface area contributed by atoms with Crippen LogP contribution in [0.4, 0.5) is 0 Å². The number of rotatable bonds is 6. The molecule has 1 amide bonds. The molecular weight excluding hydrogens is 360 g/mol. The lowest BCUT2D eigenvalue weighted by Gasteiger charge is -2.03. The quantitative estimate of drug-likeness (QED) is 0.625. The molecule has 0 atom stereocenters. The molecule has 2 rings (SSSR count). The Bertz CT molecular complexity index is 623. The number of thioether (sulfide) groups is 1. The number of halogens is 1. The number of carbonyl (C=O) groups is 1. The molecule has 0 aliphatic carbocycles. The molecule has 2 heterocycles. The number of amides is 1. The average molecular weight is 373 g/mol. The third kappa shape index (κ3) is 3.71. The van der Waals surface area contributed by atoms with Crippen molar-refractivity contribution in [2.45, 2.75) is 5.16 Å². The van der Waals surface area contributed by atoms with Gasteiger partial charge in [0, 0.05) is 23.4 Å². The van der Waals surface area contributed by atoms with Crippen molar-refractivity contribution in [3.05, 3.63) is 28.6 Å². The van der Waals surface area contributed by atoms with Crippen molar-refractivity contribution < 1.29 is 4.79 Å². The van der Waals surface area contributed by atoms with Gasteiger partial charge in [-0.3, -0.25) is 4.79 Å². The van der Waals surface area contributed by atoms with E-state index in [2.05, 4.69) is 38.0 Å². The Morgan fingerprint density at radius 1 is 1.65 bits per heavy atom. The highest BCUT2D eigenvalue weighted by Crippen LogP contribution is 2.30. The van der Waals surface area contributed by atoms with E-state index in [-0.39, 0.29) is 5.91 Å². The summed E-state index contributed by atoms with van der Waals surface area (Å²) < 4.78 is 2.92. The second-order valence-electron chi connectivity index (χ2n) is 3.88. The van der Waals surface area contributed by atoms with E-state index in [1.165, 1.54) is 11.8 Å². The van der Waals surface area contributed by atoms with Crippen LogP contribution in [-0.4, -0.2) is 33.0 Å². The minimum absolute atomic E-state index is 0.0432. The molecule has 8 heteroatoms. The minimum Gasteiger partial charge on any atom is -0.352 e. The van der Waals surface area contributed by atoms with Crippen molar-refractivity contribution >= 4 is 44.9 Å². The highest BCUT2D eigenvalue weighted by Gasteiger charge is 2.13. The summed E-state index contributed by atoms with van der Waals surface area (Å²) in [5.41, 5.74) is 0. The van der Waals surface area contributed by atoms with Crippen molar-refractivity contribution in [1.29, 1.82) is 0 Å². The van der Waals surface area contributed by atoms with Crippen molar-refractivity contribution in [3.8, 4) is 10.7 Å². The molecule has 2 aromatic heterocycles. The molecule has 0 radical (unpaired) electrons. The first-order valence-corrected chi connectivity index (χ1v) is 8.42. The predicted octanol–water partition coefficient (Wildman–Crippen LogP) is 2.70. The molecule has 0 saturated heterocycles. The molecule has 0 aliphatic rings. The summed E-state index contributed by atoms with van der Waals surface area (Å²) in [6.07, 6.45) is 1.65. The van der Waals surface area contributed by atoms with Crippen LogP contribution in [0.1, 0.15) is 0 Å². The number of nitrogens with zero attached hydrogens (tertiary/aromatic N) is 3.